The molecule has 0 aliphatic carbocycles. The lowest BCUT2D eigenvalue weighted by Gasteiger charge is -2.44. The van der Waals surface area contributed by atoms with Gasteiger partial charge in [0.2, 0.25) is 23.3 Å². The van der Waals surface area contributed by atoms with Crippen molar-refractivity contribution >= 4 is 52.4 Å². The number of nitrogens with zero attached hydrogens (tertiary/aromatic N) is 4. The number of hydrogen-bond acceptors (Lipinski definition) is 13. The van der Waals surface area contributed by atoms with Crippen LogP contribution in [0.4, 0.5) is 28.9 Å². The summed E-state index contributed by atoms with van der Waals surface area (Å²) in [7, 11) is 1.97. The Balaban J connectivity index is 0.788. The number of H-pyrrole nitrogens is 1. The Labute approximate surface area is 412 Å². The first-order valence-corrected chi connectivity index (χ1v) is 24.0. The molecule has 0 radical (unpaired) electrons. The van der Waals surface area contributed by atoms with Gasteiger partial charge in [-0.2, -0.15) is 13.2 Å². The van der Waals surface area contributed by atoms with Gasteiger partial charge in [-0.15, -0.1) is 0 Å². The maximum atomic E-state index is 16.1. The molecule has 1 unspecified atom stereocenters. The Morgan fingerprint density at radius 1 is 0.833 bits per heavy atom. The fourth-order valence-corrected chi connectivity index (χ4v) is 9.23. The van der Waals surface area contributed by atoms with Crippen LogP contribution in [-0.4, -0.2) is 159 Å². The number of rotatable bonds is 21. The number of carbonyl (C=O) groups is 6. The van der Waals surface area contributed by atoms with E-state index >= 15 is 4.39 Å². The Morgan fingerprint density at radius 2 is 1.50 bits per heavy atom. The summed E-state index contributed by atoms with van der Waals surface area (Å²) in [6.45, 7) is 7.71. The Kier molecular flexibility index (Phi) is 17.8. The lowest BCUT2D eigenvalue weighted by Crippen LogP contribution is -2.55. The average molecular weight is 1010 g/mol. The maximum absolute atomic E-state index is 16.1. The van der Waals surface area contributed by atoms with Gasteiger partial charge >= 0.3 is 6.18 Å². The van der Waals surface area contributed by atoms with Crippen LogP contribution in [-0.2, 0) is 45.9 Å². The Morgan fingerprint density at radius 3 is 2.14 bits per heavy atom. The zero-order valence-corrected chi connectivity index (χ0v) is 40.4. The molecule has 0 spiro atoms. The molecule has 2 saturated heterocycles. The maximum Gasteiger partial charge on any atom is 0.417 e. The van der Waals surface area contributed by atoms with Crippen LogP contribution in [0.5, 0.6) is 0 Å². The number of alkyl halides is 3. The summed E-state index contributed by atoms with van der Waals surface area (Å²) in [5, 5.41) is 4.77. The predicted molar refractivity (Wildman–Crippen MR) is 254 cm³/mol. The summed E-state index contributed by atoms with van der Waals surface area (Å²) in [5.74, 6) is -4.06. The fourth-order valence-electron chi connectivity index (χ4n) is 9.23. The smallest absolute Gasteiger partial charge is 0.379 e. The van der Waals surface area contributed by atoms with E-state index in [9.17, 15) is 46.7 Å². The minimum absolute atomic E-state index is 0.0385. The summed E-state index contributed by atoms with van der Waals surface area (Å²) in [6.07, 6.45) is -1.00. The SMILES string of the molecule is C[C@@H]1CN(c2cc(F)c(C3=CCN(C(=O)CCOCCOCCOCCOCCCc4cccc5c4C(=O)N(C4CCC(=O)NC4=O)C5=O)CC3)cc2NC(=O)c2c[nH]c(=O)cc2C(F)(F)F)C[C@H](C)N1C. The number of aryl methyl sites for hydroxylation is 1. The van der Waals surface area contributed by atoms with Gasteiger partial charge in [-0.3, -0.25) is 48.7 Å². The van der Waals surface area contributed by atoms with Crippen LogP contribution in [0.25, 0.3) is 5.57 Å². The number of piperazine rings is 1. The van der Waals surface area contributed by atoms with Crippen LogP contribution < -0.4 is 21.1 Å². The molecule has 18 nitrogen and oxygen atoms in total. The molecule has 0 saturated carbocycles. The molecule has 72 heavy (non-hydrogen) atoms. The molecule has 2 aromatic carbocycles. The van der Waals surface area contributed by atoms with Crippen LogP contribution in [0.15, 0.2) is 53.5 Å². The third-order valence-corrected chi connectivity index (χ3v) is 13.3. The van der Waals surface area contributed by atoms with E-state index in [4.69, 9.17) is 18.9 Å². The predicted octanol–water partition coefficient (Wildman–Crippen LogP) is 4.42. The van der Waals surface area contributed by atoms with E-state index in [-0.39, 0.29) is 99.0 Å². The molecule has 4 aliphatic heterocycles. The molecule has 7 rings (SSSR count). The second-order valence-electron chi connectivity index (χ2n) is 18.1. The second-order valence-corrected chi connectivity index (χ2v) is 18.1. The van der Waals surface area contributed by atoms with Crippen molar-refractivity contribution < 1.29 is 65.3 Å². The van der Waals surface area contributed by atoms with Gasteiger partial charge in [-0.05, 0) is 75.9 Å². The van der Waals surface area contributed by atoms with Crippen LogP contribution in [0.3, 0.4) is 0 Å². The molecule has 3 aromatic rings. The molecular weight excluding hydrogens is 951 g/mol. The number of anilines is 2. The number of amides is 6. The summed E-state index contributed by atoms with van der Waals surface area (Å²) in [4.78, 5) is 97.3. The molecule has 388 valence electrons. The average Bonchev–Trinajstić information content (AvgIpc) is 3.60. The number of aromatic nitrogens is 1. The molecular formula is C50H59F4N7O11. The second kappa shape index (κ2) is 23.9. The first kappa shape index (κ1) is 53.5. The molecule has 4 aliphatic rings. The van der Waals surface area contributed by atoms with Crippen molar-refractivity contribution in [3.8, 4) is 0 Å². The number of piperidine rings is 1. The molecule has 5 heterocycles. The van der Waals surface area contributed by atoms with Gasteiger partial charge in [-0.25, -0.2) is 4.39 Å². The minimum atomic E-state index is -4.99. The Hall–Kier alpha value is -6.33. The van der Waals surface area contributed by atoms with E-state index in [1.54, 1.807) is 29.2 Å². The highest BCUT2D eigenvalue weighted by Gasteiger charge is 2.45. The van der Waals surface area contributed by atoms with Gasteiger partial charge in [0.05, 0.1) is 86.3 Å². The third kappa shape index (κ3) is 12.8. The van der Waals surface area contributed by atoms with Crippen LogP contribution >= 0.6 is 0 Å². The normalized spacial score (nSPS) is 19.7. The quantitative estimate of drug-likeness (QED) is 0.0769. The van der Waals surface area contributed by atoms with E-state index in [2.05, 4.69) is 20.5 Å². The number of likely N-dealkylation sites (N-methyl/N-ethyl adjacent to an activating group) is 1. The van der Waals surface area contributed by atoms with Crippen LogP contribution in [0.2, 0.25) is 0 Å². The zero-order chi connectivity index (χ0) is 51.7. The number of benzene rings is 2. The van der Waals surface area contributed by atoms with Crippen molar-refractivity contribution in [2.45, 2.75) is 76.7 Å². The third-order valence-electron chi connectivity index (χ3n) is 13.3. The van der Waals surface area contributed by atoms with Crippen molar-refractivity contribution in [3.63, 3.8) is 0 Å². The molecule has 1 aromatic heterocycles. The molecule has 3 atom stereocenters. The summed E-state index contributed by atoms with van der Waals surface area (Å²) in [6, 6.07) is 7.10. The lowest BCUT2D eigenvalue weighted by atomic mass is 9.96. The van der Waals surface area contributed by atoms with Gasteiger partial charge in [0.25, 0.3) is 17.7 Å². The number of halogens is 4. The first-order valence-electron chi connectivity index (χ1n) is 24.0. The highest BCUT2D eigenvalue weighted by atomic mass is 19.4. The highest BCUT2D eigenvalue weighted by molar-refractivity contribution is 6.24. The Bertz CT molecular complexity index is 2610. The van der Waals surface area contributed by atoms with E-state index in [1.807, 2.05) is 25.8 Å². The van der Waals surface area contributed by atoms with Gasteiger partial charge in [-0.1, -0.05) is 18.2 Å². The van der Waals surface area contributed by atoms with Gasteiger partial charge in [0, 0.05) is 69.1 Å². The minimum Gasteiger partial charge on any atom is -0.379 e. The number of nitrogens with one attached hydrogen (secondary N) is 3. The lowest BCUT2D eigenvalue weighted by molar-refractivity contribution is -0.138. The summed E-state index contributed by atoms with van der Waals surface area (Å²) in [5.41, 5.74) is -0.919. The van der Waals surface area contributed by atoms with E-state index < -0.39 is 64.3 Å². The van der Waals surface area contributed by atoms with Crippen LogP contribution in [0.1, 0.15) is 93.7 Å². The van der Waals surface area contributed by atoms with Crippen molar-refractivity contribution in [2.24, 2.45) is 0 Å². The van der Waals surface area contributed by atoms with Crippen LogP contribution in [0, 0.1) is 5.82 Å². The molecule has 0 bridgehead atoms. The van der Waals surface area contributed by atoms with Gasteiger partial charge in [0.1, 0.15) is 11.9 Å². The largest absolute Gasteiger partial charge is 0.417 e. The number of pyridine rings is 1. The standard InChI is InChI=1S/C50H59F4N7O11/c1-30-28-60(29-31(2)58(30)3)41-26-38(51)35(24-39(41)56-46(65)36-27-55-43(63)25-37(36)50(52,53)54)32-11-14-59(15-12-32)44(64)13-17-70-19-21-72-23-22-71-20-18-69-16-5-7-33-6-4-8-34-45(33)49(68)61(48(34)67)40-9-10-42(62)57-47(40)66/h4,6,8,11,24-27,30-31,40H,5,7,9-10,12-23,28-29H2,1-3H3,(H,55,63)(H,56,65)(H,57,62,66)/t30-,31+,40?. The van der Waals surface area contributed by atoms with Crippen molar-refractivity contribution in [2.75, 3.05) is 96.3 Å². The topological polar surface area (TPSA) is 209 Å². The van der Waals surface area contributed by atoms with Gasteiger partial charge < -0.3 is 39.0 Å². The number of imide groups is 2. The molecule has 2 fully saturated rings. The van der Waals surface area contributed by atoms with E-state index in [0.717, 1.165) is 4.90 Å². The molecule has 6 amide bonds. The number of carbonyl (C=O) groups excluding carboxylic acids is 6. The number of ether oxygens (including phenoxy) is 4. The highest BCUT2D eigenvalue weighted by Crippen LogP contribution is 2.38. The van der Waals surface area contributed by atoms with Crippen molar-refractivity contribution in [1.82, 2.24) is 25.0 Å². The van der Waals surface area contributed by atoms with E-state index in [0.29, 0.717) is 88.1 Å². The number of fused-ring (bicyclic) bond motifs is 1. The first-order chi connectivity index (χ1) is 34.4. The molecule has 22 heteroatoms. The summed E-state index contributed by atoms with van der Waals surface area (Å²) < 4.78 is 80.2. The number of aromatic amines is 1. The molecule has 3 N–H and O–H groups in total. The van der Waals surface area contributed by atoms with E-state index in [1.165, 1.54) is 12.1 Å². The van der Waals surface area contributed by atoms with Gasteiger partial charge in [0.15, 0.2) is 0 Å². The fraction of sp³-hybridized carbons (Fsp3) is 0.500. The zero-order valence-electron chi connectivity index (χ0n) is 40.4. The van der Waals surface area contributed by atoms with Crippen molar-refractivity contribution in [3.05, 3.63) is 98.2 Å². The summed E-state index contributed by atoms with van der Waals surface area (Å²) >= 11 is 0. The van der Waals surface area contributed by atoms with Crippen molar-refractivity contribution in [1.29, 1.82) is 0 Å². The monoisotopic (exact) mass is 1010 g/mol. The number of hydrogen-bond donors (Lipinski definition) is 3.